The maximum Gasteiger partial charge on any atom is 0.234 e. The molecule has 0 aliphatic rings. The highest BCUT2D eigenvalue weighted by Crippen LogP contribution is 2.27. The van der Waals surface area contributed by atoms with Gasteiger partial charge in [0.05, 0.1) is 23.9 Å². The molecule has 2 aromatic heterocycles. The average Bonchev–Trinajstić information content (AvgIpc) is 3.03. The van der Waals surface area contributed by atoms with E-state index in [9.17, 15) is 4.79 Å². The van der Waals surface area contributed by atoms with Gasteiger partial charge >= 0.3 is 0 Å². The number of benzene rings is 1. The van der Waals surface area contributed by atoms with Gasteiger partial charge in [-0.05, 0) is 38.1 Å². The fourth-order valence-electron chi connectivity index (χ4n) is 2.57. The Morgan fingerprint density at radius 2 is 1.88 bits per heavy atom. The summed E-state index contributed by atoms with van der Waals surface area (Å²) in [5, 5.41) is 0. The first kappa shape index (κ1) is 16.5. The number of hydrogen-bond acceptors (Lipinski definition) is 2. The molecule has 4 nitrogen and oxygen atoms in total. The molecular weight excluding hydrogens is 322 g/mol. The fraction of sp³-hybridized carbons (Fsp3) is 0.263. The fourth-order valence-corrected chi connectivity index (χ4v) is 2.69. The number of imidazole rings is 1. The molecule has 5 heteroatoms. The molecule has 124 valence electrons. The number of aromatic nitrogens is 2. The molecule has 0 radical (unpaired) electrons. The van der Waals surface area contributed by atoms with Gasteiger partial charge in [-0.2, -0.15) is 0 Å². The van der Waals surface area contributed by atoms with Crippen molar-refractivity contribution in [2.75, 3.05) is 10.8 Å². The number of anilines is 1. The summed E-state index contributed by atoms with van der Waals surface area (Å²) in [7, 11) is 0. The van der Waals surface area contributed by atoms with Crippen LogP contribution >= 0.6 is 11.6 Å². The first-order chi connectivity index (χ1) is 11.5. The zero-order chi connectivity index (χ0) is 17.2. The van der Waals surface area contributed by atoms with Gasteiger partial charge in [0.25, 0.3) is 0 Å². The second kappa shape index (κ2) is 6.65. The van der Waals surface area contributed by atoms with Gasteiger partial charge in [-0.3, -0.25) is 4.79 Å². The lowest BCUT2D eigenvalue weighted by Crippen LogP contribution is -2.42. The van der Waals surface area contributed by atoms with Crippen molar-refractivity contribution >= 4 is 28.8 Å². The molecular formula is C19H20ClN3O. The van der Waals surface area contributed by atoms with Crippen molar-refractivity contribution in [3.63, 3.8) is 0 Å². The van der Waals surface area contributed by atoms with Gasteiger partial charge in [0, 0.05) is 17.8 Å². The SMILES string of the molecule is CC(C)(CCl)C(=O)N(Cc1cnc2ccccn12)c1ccccc1. The van der Waals surface area contributed by atoms with Crippen molar-refractivity contribution in [3.8, 4) is 0 Å². The number of nitrogens with zero attached hydrogens (tertiary/aromatic N) is 3. The van der Waals surface area contributed by atoms with E-state index in [1.165, 1.54) is 0 Å². The Bertz CT molecular complexity index is 842. The first-order valence-electron chi connectivity index (χ1n) is 7.87. The lowest BCUT2D eigenvalue weighted by Gasteiger charge is -2.30. The van der Waals surface area contributed by atoms with E-state index in [1.807, 2.05) is 79.2 Å². The highest BCUT2D eigenvalue weighted by Gasteiger charge is 2.32. The summed E-state index contributed by atoms with van der Waals surface area (Å²) in [6, 6.07) is 15.5. The summed E-state index contributed by atoms with van der Waals surface area (Å²) in [4.78, 5) is 19.3. The van der Waals surface area contributed by atoms with Crippen LogP contribution in [0.2, 0.25) is 0 Å². The van der Waals surface area contributed by atoms with Gasteiger partial charge in [-0.25, -0.2) is 4.98 Å². The zero-order valence-electron chi connectivity index (χ0n) is 13.8. The number of carbonyl (C=O) groups is 1. The third kappa shape index (κ3) is 3.15. The van der Waals surface area contributed by atoms with E-state index < -0.39 is 5.41 Å². The van der Waals surface area contributed by atoms with Crippen LogP contribution in [0, 0.1) is 5.41 Å². The minimum Gasteiger partial charge on any atom is -0.306 e. The van der Waals surface area contributed by atoms with Crippen LogP contribution in [0.15, 0.2) is 60.9 Å². The Kier molecular flexibility index (Phi) is 4.58. The second-order valence-corrected chi connectivity index (χ2v) is 6.69. The van der Waals surface area contributed by atoms with Gasteiger partial charge < -0.3 is 9.30 Å². The predicted octanol–water partition coefficient (Wildman–Crippen LogP) is 4.13. The molecule has 1 amide bonds. The van der Waals surface area contributed by atoms with Crippen LogP contribution < -0.4 is 4.90 Å². The molecule has 2 heterocycles. The van der Waals surface area contributed by atoms with Gasteiger partial charge in [0.15, 0.2) is 0 Å². The maximum absolute atomic E-state index is 13.1. The Hall–Kier alpha value is -2.33. The number of halogens is 1. The average molecular weight is 342 g/mol. The maximum atomic E-state index is 13.1. The lowest BCUT2D eigenvalue weighted by molar-refractivity contribution is -0.125. The summed E-state index contributed by atoms with van der Waals surface area (Å²) in [6.07, 6.45) is 3.77. The number of amides is 1. The molecule has 0 unspecified atom stereocenters. The van der Waals surface area contributed by atoms with E-state index in [0.717, 1.165) is 17.0 Å². The Morgan fingerprint density at radius 3 is 2.58 bits per heavy atom. The molecule has 0 spiro atoms. The number of fused-ring (bicyclic) bond motifs is 1. The molecule has 3 rings (SSSR count). The normalized spacial score (nSPS) is 11.6. The van der Waals surface area contributed by atoms with E-state index >= 15 is 0 Å². The quantitative estimate of drug-likeness (QED) is 0.654. The highest BCUT2D eigenvalue weighted by atomic mass is 35.5. The first-order valence-corrected chi connectivity index (χ1v) is 8.40. The van der Waals surface area contributed by atoms with Crippen molar-refractivity contribution in [1.82, 2.24) is 9.38 Å². The Labute approximate surface area is 146 Å². The molecule has 0 saturated heterocycles. The molecule has 0 aliphatic heterocycles. The molecule has 0 atom stereocenters. The van der Waals surface area contributed by atoms with Crippen LogP contribution in [0.4, 0.5) is 5.69 Å². The number of para-hydroxylation sites is 1. The van der Waals surface area contributed by atoms with Crippen LogP contribution in [0.25, 0.3) is 5.65 Å². The molecule has 0 aliphatic carbocycles. The summed E-state index contributed by atoms with van der Waals surface area (Å²) in [5.41, 5.74) is 2.03. The molecule has 1 aromatic carbocycles. The number of hydrogen-bond donors (Lipinski definition) is 0. The molecule has 0 saturated carbocycles. The van der Waals surface area contributed by atoms with Gasteiger partial charge in [0.1, 0.15) is 5.65 Å². The molecule has 0 N–H and O–H groups in total. The number of alkyl halides is 1. The van der Waals surface area contributed by atoms with Crippen LogP contribution in [-0.4, -0.2) is 21.2 Å². The van der Waals surface area contributed by atoms with Crippen molar-refractivity contribution in [2.45, 2.75) is 20.4 Å². The van der Waals surface area contributed by atoms with Crippen molar-refractivity contribution in [3.05, 3.63) is 66.6 Å². The standard InChI is InChI=1S/C19H20ClN3O/c1-19(2,14-20)18(24)23(15-8-4-3-5-9-15)13-16-12-21-17-10-6-7-11-22(16)17/h3-12H,13-14H2,1-2H3. The largest absolute Gasteiger partial charge is 0.306 e. The number of pyridine rings is 1. The van der Waals surface area contributed by atoms with E-state index in [4.69, 9.17) is 11.6 Å². The summed E-state index contributed by atoms with van der Waals surface area (Å²) < 4.78 is 2.00. The third-order valence-corrected chi connectivity index (χ3v) is 4.71. The van der Waals surface area contributed by atoms with E-state index in [1.54, 1.807) is 4.90 Å². The van der Waals surface area contributed by atoms with Gasteiger partial charge in [0.2, 0.25) is 5.91 Å². The van der Waals surface area contributed by atoms with Crippen molar-refractivity contribution in [2.24, 2.45) is 5.41 Å². The van der Waals surface area contributed by atoms with Crippen LogP contribution in [-0.2, 0) is 11.3 Å². The molecule has 3 aromatic rings. The predicted molar refractivity (Wildman–Crippen MR) is 97.3 cm³/mol. The monoisotopic (exact) mass is 341 g/mol. The number of rotatable bonds is 5. The highest BCUT2D eigenvalue weighted by molar-refractivity contribution is 6.20. The van der Waals surface area contributed by atoms with Crippen molar-refractivity contribution < 1.29 is 4.79 Å². The summed E-state index contributed by atoms with van der Waals surface area (Å²) in [6.45, 7) is 4.17. The minimum atomic E-state index is -0.641. The lowest BCUT2D eigenvalue weighted by atomic mass is 9.94. The minimum absolute atomic E-state index is 0.00502. The second-order valence-electron chi connectivity index (χ2n) is 6.42. The van der Waals surface area contributed by atoms with Crippen LogP contribution in [0.1, 0.15) is 19.5 Å². The smallest absolute Gasteiger partial charge is 0.234 e. The number of carbonyl (C=O) groups excluding carboxylic acids is 1. The van der Waals surface area contributed by atoms with Gasteiger partial charge in [-0.15, -0.1) is 11.6 Å². The summed E-state index contributed by atoms with van der Waals surface area (Å²) in [5.74, 6) is 0.261. The van der Waals surface area contributed by atoms with Crippen LogP contribution in [0.3, 0.4) is 0 Å². The van der Waals surface area contributed by atoms with E-state index in [-0.39, 0.29) is 11.8 Å². The third-order valence-electron chi connectivity index (χ3n) is 4.04. The van der Waals surface area contributed by atoms with E-state index in [0.29, 0.717) is 6.54 Å². The zero-order valence-corrected chi connectivity index (χ0v) is 14.6. The molecule has 0 bridgehead atoms. The van der Waals surface area contributed by atoms with Crippen molar-refractivity contribution in [1.29, 1.82) is 0 Å². The Morgan fingerprint density at radius 1 is 1.17 bits per heavy atom. The Balaban J connectivity index is 2.01. The van der Waals surface area contributed by atoms with Crippen LogP contribution in [0.5, 0.6) is 0 Å². The van der Waals surface area contributed by atoms with Gasteiger partial charge in [-0.1, -0.05) is 24.3 Å². The summed E-state index contributed by atoms with van der Waals surface area (Å²) >= 11 is 6.03. The molecule has 24 heavy (non-hydrogen) atoms. The molecule has 0 fully saturated rings. The van der Waals surface area contributed by atoms with E-state index in [2.05, 4.69) is 4.98 Å². The topological polar surface area (TPSA) is 37.6 Å².